The van der Waals surface area contributed by atoms with Crippen LogP contribution in [0.1, 0.15) is 6.92 Å². The van der Waals surface area contributed by atoms with E-state index in [2.05, 4.69) is 6.07 Å². The Bertz CT molecular complexity index is 608. The van der Waals surface area contributed by atoms with Crippen molar-refractivity contribution in [2.24, 2.45) is 0 Å². The second-order valence-electron chi connectivity index (χ2n) is 3.76. The second kappa shape index (κ2) is 7.55. The van der Waals surface area contributed by atoms with E-state index in [9.17, 15) is 4.79 Å². The predicted molar refractivity (Wildman–Crippen MR) is 79.9 cm³/mol. The quantitative estimate of drug-likeness (QED) is 0.540. The Morgan fingerprint density at radius 2 is 1.95 bits per heavy atom. The van der Waals surface area contributed by atoms with Crippen molar-refractivity contribution in [1.29, 1.82) is 0 Å². The summed E-state index contributed by atoms with van der Waals surface area (Å²) in [6, 6.07) is 12.5. The van der Waals surface area contributed by atoms with Gasteiger partial charge in [0.2, 0.25) is 5.56 Å². The zero-order valence-electron chi connectivity index (χ0n) is 10.8. The summed E-state index contributed by atoms with van der Waals surface area (Å²) < 4.78 is 7.54. The number of benzene rings is 1. The van der Waals surface area contributed by atoms with Gasteiger partial charge in [-0.15, -0.1) is 34.7 Å². The van der Waals surface area contributed by atoms with Gasteiger partial charge in [-0.2, -0.15) is 12.1 Å². The third-order valence-corrected chi connectivity index (χ3v) is 3.51. The van der Waals surface area contributed by atoms with Crippen molar-refractivity contribution in [1.82, 2.24) is 4.57 Å². The molecule has 2 aromatic rings. The van der Waals surface area contributed by atoms with Crippen LogP contribution in [0, 0.1) is 9.64 Å². The maximum Gasteiger partial charge on any atom is 0.207 e. The fourth-order valence-corrected chi connectivity index (χ4v) is 2.24. The molecule has 0 atom stereocenters. The monoisotopic (exact) mass is 443 g/mol. The van der Waals surface area contributed by atoms with Crippen molar-refractivity contribution < 1.29 is 37.4 Å². The first kappa shape index (κ1) is 16.9. The van der Waals surface area contributed by atoms with Crippen molar-refractivity contribution in [3.05, 3.63) is 50.3 Å². The summed E-state index contributed by atoms with van der Waals surface area (Å²) in [5.74, 6) is 0.801. The molecule has 0 aliphatic carbocycles. The fraction of sp³-hybridized carbons (Fsp3) is 0.214. The molecule has 3 nitrogen and oxygen atoms in total. The first-order chi connectivity index (χ1) is 8.67. The number of aromatic nitrogens is 1. The normalized spacial score (nSPS) is 9.84. The minimum atomic E-state index is 0. The van der Waals surface area contributed by atoms with Crippen LogP contribution >= 0.6 is 22.6 Å². The molecule has 1 radical (unpaired) electrons. The van der Waals surface area contributed by atoms with Crippen LogP contribution in [-0.2, 0) is 39.3 Å². The van der Waals surface area contributed by atoms with Gasteiger partial charge in [0.25, 0.3) is 0 Å². The summed E-state index contributed by atoms with van der Waals surface area (Å²) in [6.07, 6.45) is 0. The fourth-order valence-electron chi connectivity index (χ4n) is 1.79. The molecule has 1 aromatic carbocycles. The van der Waals surface area contributed by atoms with E-state index in [0.717, 1.165) is 17.0 Å². The van der Waals surface area contributed by atoms with E-state index in [1.54, 1.807) is 17.7 Å². The molecule has 0 spiro atoms. The van der Waals surface area contributed by atoms with Crippen LogP contribution in [0.4, 0.5) is 0 Å². The van der Waals surface area contributed by atoms with Crippen LogP contribution < -0.4 is 10.3 Å². The summed E-state index contributed by atoms with van der Waals surface area (Å²) in [5, 5.41) is 0. The van der Waals surface area contributed by atoms with Gasteiger partial charge in [-0.1, -0.05) is 11.3 Å². The molecule has 0 unspecified atom stereocenters. The summed E-state index contributed by atoms with van der Waals surface area (Å²) in [6.45, 7) is 2.59. The van der Waals surface area contributed by atoms with E-state index < -0.39 is 0 Å². The predicted octanol–water partition coefficient (Wildman–Crippen LogP) is 2.95. The third kappa shape index (κ3) is 3.67. The van der Waals surface area contributed by atoms with E-state index in [-0.39, 0.29) is 38.3 Å². The molecule has 0 aliphatic heterocycles. The smallest absolute Gasteiger partial charge is 0.207 e. The molecule has 0 amide bonds. The molecule has 5 heteroatoms. The van der Waals surface area contributed by atoms with Gasteiger partial charge < -0.3 is 9.30 Å². The SMILES string of the molecule is CCn1c(-c2ccc(OC)cc2)[c-]cc(I)c1=O.[Y]. The minimum absolute atomic E-state index is 0. The number of ether oxygens (including phenoxy) is 1. The molecule has 0 saturated carbocycles. The van der Waals surface area contributed by atoms with Crippen molar-refractivity contribution in [2.45, 2.75) is 13.5 Å². The van der Waals surface area contributed by atoms with E-state index >= 15 is 0 Å². The Hall–Kier alpha value is -0.196. The maximum absolute atomic E-state index is 12.0. The topological polar surface area (TPSA) is 31.2 Å². The molecule has 0 saturated heterocycles. The number of nitrogens with zero attached hydrogens (tertiary/aromatic N) is 1. The third-order valence-electron chi connectivity index (χ3n) is 2.73. The van der Waals surface area contributed by atoms with Crippen molar-refractivity contribution in [3.63, 3.8) is 0 Å². The number of hydrogen-bond acceptors (Lipinski definition) is 2. The Balaban J connectivity index is 0.00000180. The minimum Gasteiger partial charge on any atom is -0.497 e. The number of hydrogen-bond donors (Lipinski definition) is 0. The molecule has 1 aromatic heterocycles. The van der Waals surface area contributed by atoms with Gasteiger partial charge >= 0.3 is 0 Å². The van der Waals surface area contributed by atoms with E-state index in [0.29, 0.717) is 10.1 Å². The van der Waals surface area contributed by atoms with E-state index in [1.165, 1.54) is 0 Å². The number of pyridine rings is 1. The van der Waals surface area contributed by atoms with Crippen molar-refractivity contribution in [2.75, 3.05) is 7.11 Å². The van der Waals surface area contributed by atoms with E-state index in [1.807, 2.05) is 53.8 Å². The van der Waals surface area contributed by atoms with Gasteiger partial charge in [0.15, 0.2) is 0 Å². The molecule has 1 heterocycles. The Morgan fingerprint density at radius 3 is 2.47 bits per heavy atom. The standard InChI is InChI=1S/C14H13INO2.Y/c1-3-16-13(9-8-12(15)14(16)17)10-4-6-11(18-2)7-5-10;/h4-8H,3H2,1-2H3;/q-1;. The Labute approximate surface area is 151 Å². The van der Waals surface area contributed by atoms with Crippen LogP contribution in [0.3, 0.4) is 0 Å². The molecular formula is C14H13INO2Y-. The average Bonchev–Trinajstić information content (AvgIpc) is 2.42. The summed E-state index contributed by atoms with van der Waals surface area (Å²) in [5.41, 5.74) is 1.80. The first-order valence-corrected chi connectivity index (χ1v) is 6.70. The molecule has 2 rings (SSSR count). The number of methoxy groups -OCH3 is 1. The zero-order chi connectivity index (χ0) is 13.1. The van der Waals surface area contributed by atoms with Gasteiger partial charge in [-0.25, -0.2) is 0 Å². The molecule has 0 bridgehead atoms. The largest absolute Gasteiger partial charge is 0.497 e. The van der Waals surface area contributed by atoms with Gasteiger partial charge in [0, 0.05) is 39.3 Å². The average molecular weight is 443 g/mol. The van der Waals surface area contributed by atoms with Crippen LogP contribution in [0.25, 0.3) is 11.3 Å². The van der Waals surface area contributed by atoms with Crippen molar-refractivity contribution in [3.8, 4) is 17.0 Å². The zero-order valence-corrected chi connectivity index (χ0v) is 15.8. The first-order valence-electron chi connectivity index (χ1n) is 5.62. The van der Waals surface area contributed by atoms with Gasteiger partial charge in [0.1, 0.15) is 5.75 Å². The molecule has 0 N–H and O–H groups in total. The van der Waals surface area contributed by atoms with Crippen molar-refractivity contribution >= 4 is 22.6 Å². The molecule has 0 fully saturated rings. The summed E-state index contributed by atoms with van der Waals surface area (Å²) in [7, 11) is 1.63. The molecular weight excluding hydrogens is 430 g/mol. The molecule has 0 aliphatic rings. The van der Waals surface area contributed by atoms with Crippen LogP contribution in [0.2, 0.25) is 0 Å². The van der Waals surface area contributed by atoms with E-state index in [4.69, 9.17) is 4.74 Å². The molecule has 19 heavy (non-hydrogen) atoms. The summed E-state index contributed by atoms with van der Waals surface area (Å²) >= 11 is 2.04. The number of rotatable bonds is 3. The van der Waals surface area contributed by atoms with Crippen LogP contribution in [-0.4, -0.2) is 11.7 Å². The van der Waals surface area contributed by atoms with Gasteiger partial charge in [0.05, 0.1) is 7.11 Å². The molecule has 97 valence electrons. The van der Waals surface area contributed by atoms with Crippen LogP contribution in [0.15, 0.2) is 35.1 Å². The maximum atomic E-state index is 12.0. The Kier molecular flexibility index (Phi) is 6.70. The Morgan fingerprint density at radius 1 is 1.32 bits per heavy atom. The summed E-state index contributed by atoms with van der Waals surface area (Å²) in [4.78, 5) is 12.0. The van der Waals surface area contributed by atoms with Gasteiger partial charge in [-0.3, -0.25) is 4.79 Å². The number of halogens is 1. The second-order valence-corrected chi connectivity index (χ2v) is 4.93. The van der Waals surface area contributed by atoms with Gasteiger partial charge in [-0.05, 0) is 22.6 Å². The van der Waals surface area contributed by atoms with Crippen LogP contribution in [0.5, 0.6) is 5.75 Å².